The van der Waals surface area contributed by atoms with Crippen molar-refractivity contribution < 1.29 is 24.2 Å². The zero-order valence-electron chi connectivity index (χ0n) is 19.7. The Morgan fingerprint density at radius 3 is 2.41 bits per heavy atom. The fourth-order valence-corrected chi connectivity index (χ4v) is 5.33. The molecule has 186 valence electrons. The molecular formula is C28H20Cl2N2O5. The van der Waals surface area contributed by atoms with Crippen LogP contribution in [0.25, 0.3) is 16.5 Å². The minimum Gasteiger partial charge on any atom is -0.507 e. The van der Waals surface area contributed by atoms with E-state index in [1.807, 2.05) is 36.4 Å². The van der Waals surface area contributed by atoms with Crippen molar-refractivity contribution >= 4 is 57.1 Å². The fourth-order valence-electron chi connectivity index (χ4n) is 4.64. The normalized spacial score (nSPS) is 16.9. The van der Waals surface area contributed by atoms with Crippen molar-refractivity contribution in [3.05, 3.63) is 99.8 Å². The van der Waals surface area contributed by atoms with Gasteiger partial charge in [-0.25, -0.2) is 0 Å². The third kappa shape index (κ3) is 3.97. The molecule has 1 aliphatic heterocycles. The van der Waals surface area contributed by atoms with E-state index in [1.165, 1.54) is 25.2 Å². The lowest BCUT2D eigenvalue weighted by atomic mass is 9.95. The zero-order chi connectivity index (χ0) is 26.3. The highest BCUT2D eigenvalue weighted by Gasteiger charge is 2.48. The topological polar surface area (TPSA) is 89.0 Å². The number of hydrogen-bond acceptors (Lipinski definition) is 6. The third-order valence-corrected chi connectivity index (χ3v) is 6.89. The standard InChI is InChI=1S/C28H20Cl2N2O5/c1-36-26-18(13-19(29)27(37-2)22(26)30)24(33)21-23(16-9-6-12-31-14-16)32(28(35)25(21)34)20-11-5-8-15-7-3-4-10-17(15)20/h3-14,23,33H,1-2H3/b24-21+. The van der Waals surface area contributed by atoms with Crippen molar-refractivity contribution in [2.45, 2.75) is 6.04 Å². The Balaban J connectivity index is 1.81. The molecule has 2 heterocycles. The summed E-state index contributed by atoms with van der Waals surface area (Å²) in [6, 6.07) is 16.9. The van der Waals surface area contributed by atoms with Crippen LogP contribution in [0, 0.1) is 0 Å². The number of ketones is 1. The maximum atomic E-state index is 13.6. The Kier molecular flexibility index (Phi) is 6.50. The number of benzene rings is 3. The lowest BCUT2D eigenvalue weighted by molar-refractivity contribution is -0.132. The van der Waals surface area contributed by atoms with Crippen LogP contribution in [0.3, 0.4) is 0 Å². The number of ether oxygens (including phenoxy) is 2. The third-order valence-electron chi connectivity index (χ3n) is 6.27. The van der Waals surface area contributed by atoms with Gasteiger partial charge in [-0.05, 0) is 29.1 Å². The van der Waals surface area contributed by atoms with Crippen molar-refractivity contribution in [2.75, 3.05) is 19.1 Å². The first-order chi connectivity index (χ1) is 17.9. The summed E-state index contributed by atoms with van der Waals surface area (Å²) in [5.41, 5.74) is 0.941. The van der Waals surface area contributed by atoms with Crippen LogP contribution in [0.2, 0.25) is 10.0 Å². The number of amides is 1. The summed E-state index contributed by atoms with van der Waals surface area (Å²) in [5, 5.41) is 13.3. The molecule has 0 spiro atoms. The van der Waals surface area contributed by atoms with E-state index in [4.69, 9.17) is 32.7 Å². The lowest BCUT2D eigenvalue weighted by Gasteiger charge is -2.26. The second-order valence-electron chi connectivity index (χ2n) is 8.24. The van der Waals surface area contributed by atoms with E-state index in [-0.39, 0.29) is 32.7 Å². The van der Waals surface area contributed by atoms with Gasteiger partial charge in [0.25, 0.3) is 11.7 Å². The summed E-state index contributed by atoms with van der Waals surface area (Å²) >= 11 is 12.8. The van der Waals surface area contributed by atoms with Gasteiger partial charge < -0.3 is 14.6 Å². The van der Waals surface area contributed by atoms with E-state index in [0.29, 0.717) is 11.3 Å². The van der Waals surface area contributed by atoms with Gasteiger partial charge in [0.15, 0.2) is 11.5 Å². The molecule has 37 heavy (non-hydrogen) atoms. The summed E-state index contributed by atoms with van der Waals surface area (Å²) in [6.07, 6.45) is 3.13. The van der Waals surface area contributed by atoms with E-state index in [1.54, 1.807) is 30.6 Å². The Morgan fingerprint density at radius 1 is 0.973 bits per heavy atom. The van der Waals surface area contributed by atoms with E-state index >= 15 is 0 Å². The molecule has 1 aliphatic rings. The van der Waals surface area contributed by atoms with Crippen molar-refractivity contribution in [1.82, 2.24) is 4.98 Å². The van der Waals surface area contributed by atoms with Crippen LogP contribution in [0.4, 0.5) is 5.69 Å². The summed E-state index contributed by atoms with van der Waals surface area (Å²) in [5.74, 6) is -1.96. The number of fused-ring (bicyclic) bond motifs is 1. The van der Waals surface area contributed by atoms with Gasteiger partial charge >= 0.3 is 0 Å². The molecule has 1 unspecified atom stereocenters. The van der Waals surface area contributed by atoms with Crippen molar-refractivity contribution in [3.8, 4) is 11.5 Å². The van der Waals surface area contributed by atoms with Crippen LogP contribution in [0.1, 0.15) is 17.2 Å². The molecule has 9 heteroatoms. The Bertz CT molecular complexity index is 1580. The molecule has 5 rings (SSSR count). The molecule has 1 atom stereocenters. The molecule has 1 amide bonds. The first-order valence-electron chi connectivity index (χ1n) is 11.2. The molecule has 3 aromatic carbocycles. The van der Waals surface area contributed by atoms with Crippen LogP contribution < -0.4 is 14.4 Å². The van der Waals surface area contributed by atoms with Gasteiger partial charge in [-0.2, -0.15) is 0 Å². The van der Waals surface area contributed by atoms with E-state index in [9.17, 15) is 14.7 Å². The van der Waals surface area contributed by atoms with E-state index in [2.05, 4.69) is 4.98 Å². The number of nitrogens with zero attached hydrogens (tertiary/aromatic N) is 2. The molecular weight excluding hydrogens is 515 g/mol. The minimum atomic E-state index is -0.983. The molecule has 1 saturated heterocycles. The zero-order valence-corrected chi connectivity index (χ0v) is 21.2. The predicted molar refractivity (Wildman–Crippen MR) is 143 cm³/mol. The molecule has 0 radical (unpaired) electrons. The van der Waals surface area contributed by atoms with Crippen LogP contribution in [-0.2, 0) is 9.59 Å². The number of carbonyl (C=O) groups is 2. The van der Waals surface area contributed by atoms with Gasteiger partial charge in [-0.1, -0.05) is 65.7 Å². The minimum absolute atomic E-state index is 0.0141. The molecule has 1 aromatic heterocycles. The van der Waals surface area contributed by atoms with Crippen LogP contribution in [-0.4, -0.2) is 36.0 Å². The fraction of sp³-hybridized carbons (Fsp3) is 0.107. The molecule has 0 bridgehead atoms. The van der Waals surface area contributed by atoms with Gasteiger partial charge in [0.05, 0.1) is 42.1 Å². The van der Waals surface area contributed by atoms with Crippen LogP contribution >= 0.6 is 23.2 Å². The number of carbonyl (C=O) groups excluding carboxylic acids is 2. The van der Waals surface area contributed by atoms with E-state index < -0.39 is 23.5 Å². The van der Waals surface area contributed by atoms with Crippen LogP contribution in [0.15, 0.2) is 78.6 Å². The van der Waals surface area contributed by atoms with Crippen molar-refractivity contribution in [3.63, 3.8) is 0 Å². The molecule has 0 aliphatic carbocycles. The highest BCUT2D eigenvalue weighted by Crippen LogP contribution is 2.48. The van der Waals surface area contributed by atoms with Gasteiger partial charge in [-0.3, -0.25) is 19.5 Å². The first-order valence-corrected chi connectivity index (χ1v) is 11.9. The molecule has 1 N–H and O–H groups in total. The number of aliphatic hydroxyl groups is 1. The number of pyridine rings is 1. The molecule has 0 saturated carbocycles. The van der Waals surface area contributed by atoms with E-state index in [0.717, 1.165) is 10.8 Å². The monoisotopic (exact) mass is 534 g/mol. The maximum Gasteiger partial charge on any atom is 0.300 e. The highest BCUT2D eigenvalue weighted by molar-refractivity contribution is 6.52. The summed E-state index contributed by atoms with van der Waals surface area (Å²) in [7, 11) is 2.75. The Labute approximate surface area is 222 Å². The summed E-state index contributed by atoms with van der Waals surface area (Å²) in [6.45, 7) is 0. The largest absolute Gasteiger partial charge is 0.507 e. The quantitative estimate of drug-likeness (QED) is 0.186. The second-order valence-corrected chi connectivity index (χ2v) is 9.03. The van der Waals surface area contributed by atoms with Gasteiger partial charge in [0, 0.05) is 17.8 Å². The second kappa shape index (κ2) is 9.76. The van der Waals surface area contributed by atoms with Gasteiger partial charge in [0.1, 0.15) is 10.8 Å². The maximum absolute atomic E-state index is 13.6. The van der Waals surface area contributed by atoms with Gasteiger partial charge in [-0.15, -0.1) is 0 Å². The number of aliphatic hydroxyl groups excluding tert-OH is 1. The van der Waals surface area contributed by atoms with Gasteiger partial charge in [0.2, 0.25) is 0 Å². The SMILES string of the molecule is COc1c(Cl)cc(/C(O)=C2\C(=O)C(=O)N(c3cccc4ccccc34)C2c2cccnc2)c(OC)c1Cl. The van der Waals surface area contributed by atoms with Crippen molar-refractivity contribution in [1.29, 1.82) is 0 Å². The number of anilines is 1. The number of methoxy groups -OCH3 is 2. The van der Waals surface area contributed by atoms with Crippen molar-refractivity contribution in [2.24, 2.45) is 0 Å². The molecule has 1 fully saturated rings. The number of aromatic nitrogens is 1. The molecule has 4 aromatic rings. The summed E-state index contributed by atoms with van der Waals surface area (Å²) < 4.78 is 10.7. The Morgan fingerprint density at radius 2 is 1.70 bits per heavy atom. The van der Waals surface area contributed by atoms with Crippen LogP contribution in [0.5, 0.6) is 11.5 Å². The number of halogens is 2. The number of hydrogen-bond donors (Lipinski definition) is 1. The smallest absolute Gasteiger partial charge is 0.300 e. The number of Topliss-reactive ketones (excluding diaryl/α,β-unsaturated/α-hetero) is 1. The molecule has 7 nitrogen and oxygen atoms in total. The first kappa shape index (κ1) is 24.6. The average molecular weight is 535 g/mol. The average Bonchev–Trinajstić information content (AvgIpc) is 3.18. The number of rotatable bonds is 5. The Hall–Kier alpha value is -4.07. The lowest BCUT2D eigenvalue weighted by Crippen LogP contribution is -2.29. The highest BCUT2D eigenvalue weighted by atomic mass is 35.5. The summed E-state index contributed by atoms with van der Waals surface area (Å²) in [4.78, 5) is 32.7. The predicted octanol–water partition coefficient (Wildman–Crippen LogP) is 6.19.